The molecule has 2 aromatic rings. The largest absolute Gasteiger partial charge is 0.471 e. The Balaban J connectivity index is 1.52. The second-order valence-electron chi connectivity index (χ2n) is 5.30. The van der Waals surface area contributed by atoms with E-state index in [0.29, 0.717) is 6.73 Å². The molecule has 110 valence electrons. The van der Waals surface area contributed by atoms with Crippen molar-refractivity contribution in [3.05, 3.63) is 42.2 Å². The van der Waals surface area contributed by atoms with Gasteiger partial charge in [0, 0.05) is 5.92 Å². The van der Waals surface area contributed by atoms with Gasteiger partial charge >= 0.3 is 0 Å². The molecule has 1 aromatic heterocycles. The molecule has 21 heavy (non-hydrogen) atoms. The summed E-state index contributed by atoms with van der Waals surface area (Å²) < 4.78 is 7.32. The minimum Gasteiger partial charge on any atom is -0.471 e. The average molecular weight is 285 g/mol. The maximum Gasteiger partial charge on any atom is 0.227 e. The number of nitrogens with one attached hydrogen (secondary N) is 1. The topological polar surface area (TPSA) is 56.1 Å². The van der Waals surface area contributed by atoms with Crippen LogP contribution in [-0.4, -0.2) is 15.7 Å². The zero-order valence-corrected chi connectivity index (χ0v) is 12.1. The summed E-state index contributed by atoms with van der Waals surface area (Å²) in [6, 6.07) is 8.02. The molecule has 0 bridgehead atoms. The number of rotatable bonds is 6. The number of aryl methyl sites for hydroxylation is 1. The quantitative estimate of drug-likeness (QED) is 0.888. The number of hydrogen-bond acceptors (Lipinski definition) is 3. The van der Waals surface area contributed by atoms with Crippen molar-refractivity contribution in [2.45, 2.75) is 32.9 Å². The molecule has 5 heteroatoms. The van der Waals surface area contributed by atoms with Crippen LogP contribution < -0.4 is 10.1 Å². The molecule has 1 amide bonds. The second kappa shape index (κ2) is 5.99. The van der Waals surface area contributed by atoms with E-state index in [4.69, 9.17) is 4.74 Å². The van der Waals surface area contributed by atoms with Crippen molar-refractivity contribution in [2.24, 2.45) is 5.92 Å². The van der Waals surface area contributed by atoms with E-state index in [1.807, 2.05) is 12.1 Å². The Hall–Kier alpha value is -2.30. The van der Waals surface area contributed by atoms with Gasteiger partial charge in [-0.05, 0) is 37.0 Å². The lowest BCUT2D eigenvalue weighted by Gasteiger charge is -2.06. The number of aromatic nitrogens is 2. The SMILES string of the molecule is CCc1ccc(OCn2cc(NC(=O)C3CC3)cn2)cc1. The van der Waals surface area contributed by atoms with Gasteiger partial charge in [0.25, 0.3) is 0 Å². The van der Waals surface area contributed by atoms with Crippen LogP contribution in [0.1, 0.15) is 25.3 Å². The van der Waals surface area contributed by atoms with Crippen LogP contribution in [0.4, 0.5) is 5.69 Å². The molecule has 0 aliphatic heterocycles. The molecule has 1 N–H and O–H groups in total. The number of hydrogen-bond donors (Lipinski definition) is 1. The van der Waals surface area contributed by atoms with E-state index in [0.717, 1.165) is 30.7 Å². The molecule has 1 aromatic carbocycles. The predicted molar refractivity (Wildman–Crippen MR) is 80.0 cm³/mol. The molecule has 1 aliphatic carbocycles. The van der Waals surface area contributed by atoms with Crippen LogP contribution in [-0.2, 0) is 17.9 Å². The van der Waals surface area contributed by atoms with Gasteiger partial charge in [0.2, 0.25) is 5.91 Å². The number of ether oxygens (including phenoxy) is 1. The summed E-state index contributed by atoms with van der Waals surface area (Å²) in [7, 11) is 0. The highest BCUT2D eigenvalue weighted by Gasteiger charge is 2.29. The summed E-state index contributed by atoms with van der Waals surface area (Å²) in [5.41, 5.74) is 2.00. The molecular formula is C16H19N3O2. The molecule has 1 fully saturated rings. The molecule has 0 saturated heterocycles. The van der Waals surface area contributed by atoms with Crippen LogP contribution in [0.15, 0.2) is 36.7 Å². The van der Waals surface area contributed by atoms with Crippen LogP contribution in [0.25, 0.3) is 0 Å². The smallest absolute Gasteiger partial charge is 0.227 e. The van der Waals surface area contributed by atoms with E-state index >= 15 is 0 Å². The minimum absolute atomic E-state index is 0.0885. The number of nitrogens with zero attached hydrogens (tertiary/aromatic N) is 2. The summed E-state index contributed by atoms with van der Waals surface area (Å²) in [6.45, 7) is 2.45. The molecule has 1 aliphatic rings. The lowest BCUT2D eigenvalue weighted by atomic mass is 10.2. The maximum atomic E-state index is 11.6. The van der Waals surface area contributed by atoms with Crippen molar-refractivity contribution < 1.29 is 9.53 Å². The molecule has 3 rings (SSSR count). The first-order valence-electron chi connectivity index (χ1n) is 7.29. The van der Waals surface area contributed by atoms with Crippen molar-refractivity contribution in [1.29, 1.82) is 0 Å². The van der Waals surface area contributed by atoms with Gasteiger partial charge in [-0.1, -0.05) is 19.1 Å². The number of amides is 1. The number of carbonyl (C=O) groups excluding carboxylic acids is 1. The Morgan fingerprint density at radius 2 is 2.14 bits per heavy atom. The van der Waals surface area contributed by atoms with Crippen LogP contribution in [0, 0.1) is 5.92 Å². The van der Waals surface area contributed by atoms with Crippen molar-refractivity contribution >= 4 is 11.6 Å². The van der Waals surface area contributed by atoms with Gasteiger partial charge < -0.3 is 10.1 Å². The highest BCUT2D eigenvalue weighted by molar-refractivity contribution is 5.93. The minimum atomic E-state index is 0.0885. The summed E-state index contributed by atoms with van der Waals surface area (Å²) in [5.74, 6) is 1.10. The molecule has 0 spiro atoms. The normalized spacial score (nSPS) is 14.0. The van der Waals surface area contributed by atoms with Gasteiger partial charge in [0.1, 0.15) is 5.75 Å². The fourth-order valence-electron chi connectivity index (χ4n) is 2.05. The summed E-state index contributed by atoms with van der Waals surface area (Å²) in [5, 5.41) is 7.03. The summed E-state index contributed by atoms with van der Waals surface area (Å²) >= 11 is 0. The van der Waals surface area contributed by atoms with E-state index in [2.05, 4.69) is 29.5 Å². The van der Waals surface area contributed by atoms with Gasteiger partial charge in [0.15, 0.2) is 6.73 Å². The maximum absolute atomic E-state index is 11.6. The Morgan fingerprint density at radius 1 is 1.38 bits per heavy atom. The van der Waals surface area contributed by atoms with Crippen LogP contribution in [0.2, 0.25) is 0 Å². The fourth-order valence-corrected chi connectivity index (χ4v) is 2.05. The van der Waals surface area contributed by atoms with Crippen LogP contribution in [0.3, 0.4) is 0 Å². The fraction of sp³-hybridized carbons (Fsp3) is 0.375. The molecule has 0 unspecified atom stereocenters. The second-order valence-corrected chi connectivity index (χ2v) is 5.30. The molecule has 1 heterocycles. The van der Waals surface area contributed by atoms with Crippen molar-refractivity contribution in [3.8, 4) is 5.75 Å². The summed E-state index contributed by atoms with van der Waals surface area (Å²) in [6.07, 6.45) is 6.43. The van der Waals surface area contributed by atoms with Crippen molar-refractivity contribution in [1.82, 2.24) is 9.78 Å². The molecule has 5 nitrogen and oxygen atoms in total. The Labute approximate surface area is 123 Å². The van der Waals surface area contributed by atoms with E-state index in [-0.39, 0.29) is 11.8 Å². The third-order valence-electron chi connectivity index (χ3n) is 3.54. The van der Waals surface area contributed by atoms with Crippen LogP contribution >= 0.6 is 0 Å². The summed E-state index contributed by atoms with van der Waals surface area (Å²) in [4.78, 5) is 11.6. The lowest BCUT2D eigenvalue weighted by Crippen LogP contribution is -2.12. The highest BCUT2D eigenvalue weighted by Crippen LogP contribution is 2.30. The monoisotopic (exact) mass is 285 g/mol. The Morgan fingerprint density at radius 3 is 2.81 bits per heavy atom. The third-order valence-corrected chi connectivity index (χ3v) is 3.54. The number of carbonyl (C=O) groups is 1. The average Bonchev–Trinajstić information content (AvgIpc) is 3.27. The highest BCUT2D eigenvalue weighted by atomic mass is 16.5. The van der Waals surface area contributed by atoms with Gasteiger partial charge in [-0.3, -0.25) is 4.79 Å². The Kier molecular flexibility index (Phi) is 3.90. The molecular weight excluding hydrogens is 266 g/mol. The van der Waals surface area contributed by atoms with Crippen molar-refractivity contribution in [3.63, 3.8) is 0 Å². The lowest BCUT2D eigenvalue weighted by molar-refractivity contribution is -0.117. The number of benzene rings is 1. The van der Waals surface area contributed by atoms with E-state index < -0.39 is 0 Å². The van der Waals surface area contributed by atoms with E-state index in [9.17, 15) is 4.79 Å². The van der Waals surface area contributed by atoms with Crippen molar-refractivity contribution in [2.75, 3.05) is 5.32 Å². The Bertz CT molecular complexity index is 615. The van der Waals surface area contributed by atoms with Gasteiger partial charge in [-0.25, -0.2) is 4.68 Å². The molecule has 0 atom stereocenters. The first-order valence-corrected chi connectivity index (χ1v) is 7.29. The van der Waals surface area contributed by atoms with Crippen LogP contribution in [0.5, 0.6) is 5.75 Å². The van der Waals surface area contributed by atoms with Gasteiger partial charge in [-0.2, -0.15) is 5.10 Å². The standard InChI is InChI=1S/C16H19N3O2/c1-2-12-3-7-15(8-4-12)21-11-19-10-14(9-17-19)18-16(20)13-5-6-13/h3-4,7-10,13H,2,5-6,11H2,1H3,(H,18,20). The van der Waals surface area contributed by atoms with E-state index in [1.54, 1.807) is 17.1 Å². The van der Waals surface area contributed by atoms with Gasteiger partial charge in [-0.15, -0.1) is 0 Å². The zero-order chi connectivity index (χ0) is 14.7. The number of anilines is 1. The third kappa shape index (κ3) is 3.62. The van der Waals surface area contributed by atoms with Gasteiger partial charge in [0.05, 0.1) is 18.1 Å². The first-order chi connectivity index (χ1) is 10.2. The molecule has 1 saturated carbocycles. The first kappa shape index (κ1) is 13.7. The zero-order valence-electron chi connectivity index (χ0n) is 12.1. The predicted octanol–water partition coefficient (Wildman–Crippen LogP) is 2.83. The molecule has 0 radical (unpaired) electrons. The van der Waals surface area contributed by atoms with E-state index in [1.165, 1.54) is 5.56 Å².